The number of para-hydroxylation sites is 1. The van der Waals surface area contributed by atoms with Crippen molar-refractivity contribution in [2.75, 3.05) is 0 Å². The number of aromatic nitrogens is 3. The van der Waals surface area contributed by atoms with Gasteiger partial charge in [0.1, 0.15) is 0 Å². The van der Waals surface area contributed by atoms with Crippen molar-refractivity contribution in [2.24, 2.45) is 0 Å². The van der Waals surface area contributed by atoms with Gasteiger partial charge in [0, 0.05) is 21.9 Å². The molecular weight excluding hydrogens is 450 g/mol. The van der Waals surface area contributed by atoms with Gasteiger partial charge in [0.2, 0.25) is 5.95 Å². The van der Waals surface area contributed by atoms with E-state index in [2.05, 4.69) is 102 Å². The Morgan fingerprint density at radius 2 is 0.892 bits per heavy atom. The first-order chi connectivity index (χ1) is 18.3. The lowest BCUT2D eigenvalue weighted by molar-refractivity contribution is 0.996. The minimum atomic E-state index is 0.664. The van der Waals surface area contributed by atoms with Crippen molar-refractivity contribution in [3.8, 4) is 39.6 Å². The van der Waals surface area contributed by atoms with Crippen LogP contribution in [0.3, 0.4) is 0 Å². The lowest BCUT2D eigenvalue weighted by atomic mass is 10.0. The Kier molecular flexibility index (Phi) is 5.11. The molecule has 0 spiro atoms. The average molecular weight is 474 g/mol. The second-order valence-corrected chi connectivity index (χ2v) is 9.12. The van der Waals surface area contributed by atoms with Gasteiger partial charge in [-0.1, -0.05) is 121 Å². The standard InChI is InChI=1S/C34H23N3/c1-4-12-24(13-5-1)27-20-21-29-28-18-10-11-19-32(28)37(33(29)22-27)34-35-30(25-14-6-2-7-15-25)23-31(36-34)26-16-8-3-9-17-26/h1-23H. The number of hydrogen-bond acceptors (Lipinski definition) is 2. The molecule has 2 aromatic heterocycles. The minimum Gasteiger partial charge on any atom is -0.278 e. The molecule has 0 aliphatic heterocycles. The maximum atomic E-state index is 5.13. The van der Waals surface area contributed by atoms with Gasteiger partial charge in [0.05, 0.1) is 22.4 Å². The van der Waals surface area contributed by atoms with Crippen molar-refractivity contribution in [1.82, 2.24) is 14.5 Å². The summed E-state index contributed by atoms with van der Waals surface area (Å²) in [5.41, 5.74) is 8.45. The minimum absolute atomic E-state index is 0.664. The Balaban J connectivity index is 1.54. The van der Waals surface area contributed by atoms with Crippen molar-refractivity contribution in [3.63, 3.8) is 0 Å². The molecule has 5 aromatic carbocycles. The highest BCUT2D eigenvalue weighted by molar-refractivity contribution is 6.10. The summed E-state index contributed by atoms with van der Waals surface area (Å²) in [5.74, 6) is 0.664. The van der Waals surface area contributed by atoms with Crippen LogP contribution in [0.5, 0.6) is 0 Å². The van der Waals surface area contributed by atoms with Crippen LogP contribution in [0.2, 0.25) is 0 Å². The molecule has 0 saturated heterocycles. The topological polar surface area (TPSA) is 30.7 Å². The van der Waals surface area contributed by atoms with Crippen molar-refractivity contribution < 1.29 is 0 Å². The van der Waals surface area contributed by atoms with Crippen LogP contribution in [0.25, 0.3) is 61.4 Å². The molecule has 0 unspecified atom stereocenters. The lowest BCUT2D eigenvalue weighted by Crippen LogP contribution is -2.04. The van der Waals surface area contributed by atoms with Gasteiger partial charge >= 0.3 is 0 Å². The van der Waals surface area contributed by atoms with Gasteiger partial charge < -0.3 is 0 Å². The first kappa shape index (κ1) is 21.3. The molecule has 0 atom stereocenters. The predicted molar refractivity (Wildman–Crippen MR) is 153 cm³/mol. The fourth-order valence-electron chi connectivity index (χ4n) is 5.04. The smallest absolute Gasteiger partial charge is 0.235 e. The van der Waals surface area contributed by atoms with Crippen molar-refractivity contribution in [3.05, 3.63) is 140 Å². The quantitative estimate of drug-likeness (QED) is 0.256. The third kappa shape index (κ3) is 3.78. The van der Waals surface area contributed by atoms with E-state index in [1.165, 1.54) is 21.9 Å². The maximum Gasteiger partial charge on any atom is 0.235 e. The zero-order valence-corrected chi connectivity index (χ0v) is 20.1. The van der Waals surface area contributed by atoms with Crippen LogP contribution in [0.4, 0.5) is 0 Å². The highest BCUT2D eigenvalue weighted by atomic mass is 15.2. The van der Waals surface area contributed by atoms with E-state index in [0.717, 1.165) is 33.5 Å². The highest BCUT2D eigenvalue weighted by Gasteiger charge is 2.17. The van der Waals surface area contributed by atoms with E-state index >= 15 is 0 Å². The second kappa shape index (κ2) is 8.89. The van der Waals surface area contributed by atoms with Crippen LogP contribution >= 0.6 is 0 Å². The molecule has 0 fully saturated rings. The summed E-state index contributed by atoms with van der Waals surface area (Å²) in [6.45, 7) is 0. The molecule has 0 saturated carbocycles. The molecule has 2 heterocycles. The summed E-state index contributed by atoms with van der Waals surface area (Å²) in [6, 6.07) is 48.4. The van der Waals surface area contributed by atoms with Gasteiger partial charge in [-0.25, -0.2) is 9.97 Å². The average Bonchev–Trinajstić information content (AvgIpc) is 3.32. The molecule has 0 aliphatic carbocycles. The number of benzene rings is 5. The third-order valence-electron chi connectivity index (χ3n) is 6.83. The van der Waals surface area contributed by atoms with E-state index in [4.69, 9.17) is 9.97 Å². The molecule has 0 bridgehead atoms. The van der Waals surface area contributed by atoms with Crippen LogP contribution in [0.1, 0.15) is 0 Å². The Bertz CT molecular complexity index is 1800. The molecule has 0 N–H and O–H groups in total. The van der Waals surface area contributed by atoms with Gasteiger partial charge in [-0.2, -0.15) is 0 Å². The monoisotopic (exact) mass is 473 g/mol. The van der Waals surface area contributed by atoms with Gasteiger partial charge in [0.25, 0.3) is 0 Å². The SMILES string of the molecule is c1ccc(-c2ccc3c4ccccc4n(-c4nc(-c5ccccc5)cc(-c5ccccc5)n4)c3c2)cc1. The Labute approximate surface area is 215 Å². The molecule has 7 aromatic rings. The van der Waals surface area contributed by atoms with Crippen molar-refractivity contribution >= 4 is 21.8 Å². The predicted octanol–water partition coefficient (Wildman–Crippen LogP) is 8.57. The molecule has 3 nitrogen and oxygen atoms in total. The zero-order valence-electron chi connectivity index (χ0n) is 20.1. The normalized spacial score (nSPS) is 11.2. The summed E-state index contributed by atoms with van der Waals surface area (Å²) in [7, 11) is 0. The fourth-order valence-corrected chi connectivity index (χ4v) is 5.04. The summed E-state index contributed by atoms with van der Waals surface area (Å²) >= 11 is 0. The molecule has 37 heavy (non-hydrogen) atoms. The summed E-state index contributed by atoms with van der Waals surface area (Å²) in [4.78, 5) is 10.3. The van der Waals surface area contributed by atoms with Gasteiger partial charge in [-0.3, -0.25) is 4.57 Å². The van der Waals surface area contributed by atoms with Crippen LogP contribution < -0.4 is 0 Å². The van der Waals surface area contributed by atoms with Crippen LogP contribution in [-0.4, -0.2) is 14.5 Å². The van der Waals surface area contributed by atoms with E-state index in [1.54, 1.807) is 0 Å². The van der Waals surface area contributed by atoms with Crippen molar-refractivity contribution in [2.45, 2.75) is 0 Å². The Hall–Kier alpha value is -5.02. The highest BCUT2D eigenvalue weighted by Crippen LogP contribution is 2.35. The Morgan fingerprint density at radius 1 is 0.378 bits per heavy atom. The van der Waals surface area contributed by atoms with Gasteiger partial charge in [-0.05, 0) is 29.3 Å². The van der Waals surface area contributed by atoms with Gasteiger partial charge in [-0.15, -0.1) is 0 Å². The first-order valence-electron chi connectivity index (χ1n) is 12.4. The molecule has 0 radical (unpaired) electrons. The molecular formula is C34H23N3. The fraction of sp³-hybridized carbons (Fsp3) is 0. The van der Waals surface area contributed by atoms with Crippen molar-refractivity contribution in [1.29, 1.82) is 0 Å². The van der Waals surface area contributed by atoms with E-state index in [-0.39, 0.29) is 0 Å². The van der Waals surface area contributed by atoms with Crippen LogP contribution in [-0.2, 0) is 0 Å². The van der Waals surface area contributed by atoms with E-state index in [0.29, 0.717) is 5.95 Å². The summed E-state index contributed by atoms with van der Waals surface area (Å²) < 4.78 is 2.20. The number of nitrogens with zero attached hydrogens (tertiary/aromatic N) is 3. The number of rotatable bonds is 4. The number of hydrogen-bond donors (Lipinski definition) is 0. The number of fused-ring (bicyclic) bond motifs is 3. The first-order valence-corrected chi connectivity index (χ1v) is 12.4. The molecule has 3 heteroatoms. The Morgan fingerprint density at radius 3 is 1.51 bits per heavy atom. The van der Waals surface area contributed by atoms with Crippen LogP contribution in [0.15, 0.2) is 140 Å². The molecule has 7 rings (SSSR count). The summed E-state index contributed by atoms with van der Waals surface area (Å²) in [5, 5.41) is 2.37. The maximum absolute atomic E-state index is 5.13. The lowest BCUT2D eigenvalue weighted by Gasteiger charge is -2.12. The van der Waals surface area contributed by atoms with E-state index < -0.39 is 0 Å². The molecule has 174 valence electrons. The molecule has 0 amide bonds. The summed E-state index contributed by atoms with van der Waals surface area (Å²) in [6.07, 6.45) is 0. The van der Waals surface area contributed by atoms with Gasteiger partial charge in [0.15, 0.2) is 0 Å². The van der Waals surface area contributed by atoms with E-state index in [9.17, 15) is 0 Å². The largest absolute Gasteiger partial charge is 0.278 e. The second-order valence-electron chi connectivity index (χ2n) is 9.12. The van der Waals surface area contributed by atoms with E-state index in [1.807, 2.05) is 42.5 Å². The zero-order chi connectivity index (χ0) is 24.6. The van der Waals surface area contributed by atoms with Crippen LogP contribution in [0, 0.1) is 0 Å². The molecule has 0 aliphatic rings. The third-order valence-corrected chi connectivity index (χ3v) is 6.83.